The maximum absolute atomic E-state index is 12.1. The molecule has 3 N–H and O–H groups in total. The zero-order chi connectivity index (χ0) is 13.9. The lowest BCUT2D eigenvalue weighted by Crippen LogP contribution is -2.69. The number of likely N-dealkylation sites (N-methyl/N-ethyl adjacent to an activating group) is 1. The first-order valence-electron chi connectivity index (χ1n) is 5.88. The van der Waals surface area contributed by atoms with Crippen molar-refractivity contribution in [3.8, 4) is 0 Å². The number of nitrogens with zero attached hydrogens (tertiary/aromatic N) is 1. The maximum atomic E-state index is 12.1. The van der Waals surface area contributed by atoms with Gasteiger partial charge in [0.25, 0.3) is 0 Å². The van der Waals surface area contributed by atoms with Crippen LogP contribution >= 0.6 is 0 Å². The molecule has 102 valence electrons. The van der Waals surface area contributed by atoms with Crippen molar-refractivity contribution in [2.45, 2.75) is 31.8 Å². The first kappa shape index (κ1) is 14.3. The largest absolute Gasteiger partial charge is 0.357 e. The van der Waals surface area contributed by atoms with E-state index in [1.54, 1.807) is 13.8 Å². The van der Waals surface area contributed by atoms with E-state index < -0.39 is 11.6 Å². The average molecular weight is 256 g/mol. The number of carbonyl (C=O) groups excluding carboxylic acids is 3. The highest BCUT2D eigenvalue weighted by Crippen LogP contribution is 2.30. The monoisotopic (exact) mass is 256 g/mol. The Labute approximate surface area is 106 Å². The van der Waals surface area contributed by atoms with Crippen LogP contribution in [-0.2, 0) is 9.59 Å². The lowest BCUT2D eigenvalue weighted by atomic mass is 9.85. The molecule has 18 heavy (non-hydrogen) atoms. The van der Waals surface area contributed by atoms with E-state index in [1.165, 1.54) is 19.0 Å². The highest BCUT2D eigenvalue weighted by molar-refractivity contribution is 5.95. The van der Waals surface area contributed by atoms with Crippen molar-refractivity contribution in [1.29, 1.82) is 0 Å². The minimum Gasteiger partial charge on any atom is -0.357 e. The van der Waals surface area contributed by atoms with E-state index in [9.17, 15) is 14.4 Å². The van der Waals surface area contributed by atoms with Gasteiger partial charge in [-0.05, 0) is 20.3 Å². The second-order valence-electron chi connectivity index (χ2n) is 4.54. The van der Waals surface area contributed by atoms with Crippen molar-refractivity contribution >= 4 is 17.8 Å². The summed E-state index contributed by atoms with van der Waals surface area (Å²) in [6.07, 6.45) is 0.590. The zero-order valence-corrected chi connectivity index (χ0v) is 11.2. The molecular weight excluding hydrogens is 236 g/mol. The van der Waals surface area contributed by atoms with Crippen LogP contribution in [0.5, 0.6) is 0 Å². The van der Waals surface area contributed by atoms with Gasteiger partial charge >= 0.3 is 6.03 Å². The van der Waals surface area contributed by atoms with Crippen molar-refractivity contribution in [2.24, 2.45) is 0 Å². The Morgan fingerprint density at radius 2 is 1.83 bits per heavy atom. The Hall–Kier alpha value is -1.79. The SMILES string of the molecule is CNC(=O)[C@H](C)NC(=O)C1(C)CCN1C(=O)NC. The van der Waals surface area contributed by atoms with Gasteiger partial charge in [0.15, 0.2) is 0 Å². The molecule has 0 aromatic rings. The quantitative estimate of drug-likeness (QED) is 0.607. The van der Waals surface area contributed by atoms with Crippen molar-refractivity contribution < 1.29 is 14.4 Å². The number of hydrogen-bond donors (Lipinski definition) is 3. The van der Waals surface area contributed by atoms with Crippen LogP contribution in [0.15, 0.2) is 0 Å². The van der Waals surface area contributed by atoms with Gasteiger partial charge in [-0.15, -0.1) is 0 Å². The van der Waals surface area contributed by atoms with E-state index in [4.69, 9.17) is 0 Å². The summed E-state index contributed by atoms with van der Waals surface area (Å²) in [7, 11) is 3.03. The van der Waals surface area contributed by atoms with Crippen molar-refractivity contribution in [2.75, 3.05) is 20.6 Å². The summed E-state index contributed by atoms with van der Waals surface area (Å²) in [4.78, 5) is 36.4. The fraction of sp³-hybridized carbons (Fsp3) is 0.727. The second kappa shape index (κ2) is 5.24. The summed E-state index contributed by atoms with van der Waals surface area (Å²) in [6, 6.07) is -0.905. The lowest BCUT2D eigenvalue weighted by Gasteiger charge is -2.48. The third kappa shape index (κ3) is 2.39. The standard InChI is InChI=1S/C11H20N4O3/c1-7(8(16)12-3)14-9(17)11(2)5-6-15(11)10(18)13-4/h7H,5-6H2,1-4H3,(H,12,16)(H,13,18)(H,14,17)/t7-,11?/m0/s1. The molecule has 2 atom stereocenters. The van der Waals surface area contributed by atoms with Gasteiger partial charge in [0.05, 0.1) is 0 Å². The van der Waals surface area contributed by atoms with E-state index in [0.29, 0.717) is 13.0 Å². The molecule has 1 aliphatic rings. The van der Waals surface area contributed by atoms with Gasteiger partial charge in [0.1, 0.15) is 11.6 Å². The van der Waals surface area contributed by atoms with Crippen LogP contribution in [0.3, 0.4) is 0 Å². The smallest absolute Gasteiger partial charge is 0.318 e. The van der Waals surface area contributed by atoms with Crippen LogP contribution in [0.1, 0.15) is 20.3 Å². The molecule has 1 fully saturated rings. The summed E-state index contributed by atoms with van der Waals surface area (Å²) in [6.45, 7) is 3.83. The van der Waals surface area contributed by atoms with Gasteiger partial charge in [-0.25, -0.2) is 4.79 Å². The number of likely N-dealkylation sites (tertiary alicyclic amines) is 1. The van der Waals surface area contributed by atoms with Gasteiger partial charge in [-0.2, -0.15) is 0 Å². The molecule has 0 spiro atoms. The highest BCUT2D eigenvalue weighted by atomic mass is 16.2. The molecule has 1 rings (SSSR count). The van der Waals surface area contributed by atoms with Gasteiger partial charge in [-0.1, -0.05) is 0 Å². The highest BCUT2D eigenvalue weighted by Gasteiger charge is 2.49. The van der Waals surface area contributed by atoms with Crippen LogP contribution < -0.4 is 16.0 Å². The number of amides is 4. The summed E-state index contributed by atoms with van der Waals surface area (Å²) in [5, 5.41) is 7.56. The first-order chi connectivity index (χ1) is 8.36. The Bertz CT molecular complexity index is 371. The summed E-state index contributed by atoms with van der Waals surface area (Å²) < 4.78 is 0. The molecule has 7 nitrogen and oxygen atoms in total. The van der Waals surface area contributed by atoms with Crippen LogP contribution in [0, 0.1) is 0 Å². The number of hydrogen-bond acceptors (Lipinski definition) is 3. The third-order valence-electron chi connectivity index (χ3n) is 3.35. The van der Waals surface area contributed by atoms with Gasteiger partial charge < -0.3 is 20.9 Å². The molecule has 0 radical (unpaired) electrons. The Morgan fingerprint density at radius 1 is 1.22 bits per heavy atom. The Balaban J connectivity index is 2.66. The Morgan fingerprint density at radius 3 is 2.22 bits per heavy atom. The maximum Gasteiger partial charge on any atom is 0.318 e. The van der Waals surface area contributed by atoms with Crippen molar-refractivity contribution in [3.05, 3.63) is 0 Å². The second-order valence-corrected chi connectivity index (χ2v) is 4.54. The predicted molar refractivity (Wildman–Crippen MR) is 65.9 cm³/mol. The molecule has 1 unspecified atom stereocenters. The zero-order valence-electron chi connectivity index (χ0n) is 11.2. The van der Waals surface area contributed by atoms with Crippen LogP contribution in [0.2, 0.25) is 0 Å². The van der Waals surface area contributed by atoms with E-state index in [1.807, 2.05) is 0 Å². The summed E-state index contributed by atoms with van der Waals surface area (Å²) >= 11 is 0. The molecular formula is C11H20N4O3. The Kier molecular flexibility index (Phi) is 4.15. The van der Waals surface area contributed by atoms with Crippen LogP contribution in [0.4, 0.5) is 4.79 Å². The molecule has 0 aromatic heterocycles. The molecule has 0 bridgehead atoms. The molecule has 0 aliphatic carbocycles. The van der Waals surface area contributed by atoms with Crippen molar-refractivity contribution in [1.82, 2.24) is 20.9 Å². The van der Waals surface area contributed by atoms with E-state index in [-0.39, 0.29) is 17.8 Å². The first-order valence-corrected chi connectivity index (χ1v) is 5.88. The van der Waals surface area contributed by atoms with Gasteiger partial charge in [0, 0.05) is 20.6 Å². The molecule has 0 aromatic carbocycles. The van der Waals surface area contributed by atoms with Gasteiger partial charge in [-0.3, -0.25) is 9.59 Å². The number of carbonyl (C=O) groups is 3. The molecule has 7 heteroatoms. The van der Waals surface area contributed by atoms with E-state index in [0.717, 1.165) is 0 Å². The third-order valence-corrected chi connectivity index (χ3v) is 3.35. The van der Waals surface area contributed by atoms with Crippen LogP contribution in [-0.4, -0.2) is 55.0 Å². The number of rotatable bonds is 3. The molecule has 1 aliphatic heterocycles. The molecule has 4 amide bonds. The minimum atomic E-state index is -0.873. The normalized spacial score (nSPS) is 23.7. The topological polar surface area (TPSA) is 90.5 Å². The summed E-state index contributed by atoms with van der Waals surface area (Å²) in [5.41, 5.74) is -0.873. The molecule has 1 heterocycles. The average Bonchev–Trinajstić information content (AvgIpc) is 2.34. The van der Waals surface area contributed by atoms with Gasteiger partial charge in [0.2, 0.25) is 11.8 Å². The number of nitrogens with one attached hydrogen (secondary N) is 3. The molecule has 1 saturated heterocycles. The minimum absolute atomic E-state index is 0.266. The summed E-state index contributed by atoms with van der Waals surface area (Å²) in [5.74, 6) is -0.578. The van der Waals surface area contributed by atoms with Crippen LogP contribution in [0.25, 0.3) is 0 Å². The van der Waals surface area contributed by atoms with E-state index >= 15 is 0 Å². The fourth-order valence-electron chi connectivity index (χ4n) is 1.89. The predicted octanol–water partition coefficient (Wildman–Crippen LogP) is -0.959. The number of urea groups is 1. The lowest BCUT2D eigenvalue weighted by molar-refractivity contribution is -0.140. The van der Waals surface area contributed by atoms with E-state index in [2.05, 4.69) is 16.0 Å². The molecule has 0 saturated carbocycles. The van der Waals surface area contributed by atoms with Crippen molar-refractivity contribution in [3.63, 3.8) is 0 Å². The fourth-order valence-corrected chi connectivity index (χ4v) is 1.89.